The number of ether oxygens (including phenoxy) is 1. The SMILES string of the molecule is CC(C)(C)Oc1cc(-c2ccc3ccccc3c2)nc2ccccc12. The number of nitrogens with zero attached hydrogens (tertiary/aromatic N) is 1. The highest BCUT2D eigenvalue weighted by Crippen LogP contribution is 2.33. The minimum atomic E-state index is -0.259. The lowest BCUT2D eigenvalue weighted by atomic mass is 10.0. The molecule has 0 aliphatic carbocycles. The molecule has 0 N–H and O–H groups in total. The number of rotatable bonds is 2. The van der Waals surface area contributed by atoms with E-state index in [0.717, 1.165) is 27.9 Å². The van der Waals surface area contributed by atoms with Crippen LogP contribution in [-0.4, -0.2) is 10.6 Å². The van der Waals surface area contributed by atoms with Crippen LogP contribution in [0.1, 0.15) is 20.8 Å². The number of pyridine rings is 1. The molecule has 1 aromatic heterocycles. The third kappa shape index (κ3) is 3.20. The molecule has 0 aliphatic heterocycles. The molecule has 2 nitrogen and oxygen atoms in total. The number of aromatic nitrogens is 1. The number of fused-ring (bicyclic) bond motifs is 2. The van der Waals surface area contributed by atoms with Crippen LogP contribution in [-0.2, 0) is 0 Å². The van der Waals surface area contributed by atoms with E-state index in [9.17, 15) is 0 Å². The van der Waals surface area contributed by atoms with Gasteiger partial charge in [0, 0.05) is 17.0 Å². The van der Waals surface area contributed by atoms with Crippen molar-refractivity contribution < 1.29 is 4.74 Å². The fourth-order valence-electron chi connectivity index (χ4n) is 3.05. The first-order chi connectivity index (χ1) is 12.0. The minimum absolute atomic E-state index is 0.259. The van der Waals surface area contributed by atoms with E-state index in [4.69, 9.17) is 9.72 Å². The Morgan fingerprint density at radius 3 is 2.28 bits per heavy atom. The van der Waals surface area contributed by atoms with Gasteiger partial charge in [-0.25, -0.2) is 4.98 Å². The van der Waals surface area contributed by atoms with E-state index in [2.05, 4.69) is 75.4 Å². The van der Waals surface area contributed by atoms with E-state index < -0.39 is 0 Å². The van der Waals surface area contributed by atoms with Gasteiger partial charge in [-0.15, -0.1) is 0 Å². The zero-order valence-corrected chi connectivity index (χ0v) is 14.8. The standard InChI is InChI=1S/C23H21NO/c1-23(2,3)25-22-15-21(24-20-11-7-6-10-19(20)22)18-13-12-16-8-4-5-9-17(16)14-18/h4-15H,1-3H3. The lowest BCUT2D eigenvalue weighted by Gasteiger charge is -2.23. The predicted molar refractivity (Wildman–Crippen MR) is 105 cm³/mol. The monoisotopic (exact) mass is 327 g/mol. The van der Waals surface area contributed by atoms with Gasteiger partial charge in [-0.05, 0) is 49.7 Å². The highest BCUT2D eigenvalue weighted by molar-refractivity contribution is 5.90. The van der Waals surface area contributed by atoms with Crippen molar-refractivity contribution in [1.29, 1.82) is 0 Å². The molecular formula is C23H21NO. The minimum Gasteiger partial charge on any atom is -0.487 e. The van der Waals surface area contributed by atoms with Crippen LogP contribution in [0.4, 0.5) is 0 Å². The summed E-state index contributed by atoms with van der Waals surface area (Å²) >= 11 is 0. The van der Waals surface area contributed by atoms with Crippen molar-refractivity contribution in [1.82, 2.24) is 4.98 Å². The molecule has 1 heterocycles. The van der Waals surface area contributed by atoms with E-state index >= 15 is 0 Å². The molecule has 0 saturated heterocycles. The first-order valence-electron chi connectivity index (χ1n) is 8.58. The molecule has 4 rings (SSSR count). The summed E-state index contributed by atoms with van der Waals surface area (Å²) in [5, 5.41) is 3.49. The molecule has 0 bridgehead atoms. The van der Waals surface area contributed by atoms with Gasteiger partial charge in [-0.3, -0.25) is 0 Å². The second kappa shape index (κ2) is 5.89. The number of hydrogen-bond acceptors (Lipinski definition) is 2. The van der Waals surface area contributed by atoms with E-state index in [1.54, 1.807) is 0 Å². The third-order valence-electron chi connectivity index (χ3n) is 4.14. The molecule has 25 heavy (non-hydrogen) atoms. The largest absolute Gasteiger partial charge is 0.487 e. The van der Waals surface area contributed by atoms with Crippen molar-refractivity contribution in [3.8, 4) is 17.0 Å². The summed E-state index contributed by atoms with van der Waals surface area (Å²) in [5.41, 5.74) is 2.73. The van der Waals surface area contributed by atoms with Crippen LogP contribution in [0.3, 0.4) is 0 Å². The van der Waals surface area contributed by atoms with E-state index in [-0.39, 0.29) is 5.60 Å². The first-order valence-corrected chi connectivity index (χ1v) is 8.58. The second-order valence-electron chi connectivity index (χ2n) is 7.30. The molecule has 3 aromatic carbocycles. The Kier molecular flexibility index (Phi) is 3.69. The van der Waals surface area contributed by atoms with Gasteiger partial charge < -0.3 is 4.74 Å². The van der Waals surface area contributed by atoms with Crippen LogP contribution >= 0.6 is 0 Å². The molecule has 124 valence electrons. The summed E-state index contributed by atoms with van der Waals surface area (Å²) in [6, 6.07) is 25.0. The van der Waals surface area contributed by atoms with Gasteiger partial charge in [0.05, 0.1) is 11.2 Å². The van der Waals surface area contributed by atoms with Crippen LogP contribution in [0.2, 0.25) is 0 Å². The average molecular weight is 327 g/mol. The molecule has 0 atom stereocenters. The maximum Gasteiger partial charge on any atom is 0.131 e. The molecule has 4 aromatic rings. The smallest absolute Gasteiger partial charge is 0.131 e. The summed E-state index contributed by atoms with van der Waals surface area (Å²) in [7, 11) is 0. The topological polar surface area (TPSA) is 22.1 Å². The summed E-state index contributed by atoms with van der Waals surface area (Å²) in [6.45, 7) is 6.20. The molecular weight excluding hydrogens is 306 g/mol. The van der Waals surface area contributed by atoms with Gasteiger partial charge in [-0.1, -0.05) is 48.5 Å². The predicted octanol–water partition coefficient (Wildman–Crippen LogP) is 6.23. The Morgan fingerprint density at radius 1 is 0.760 bits per heavy atom. The van der Waals surface area contributed by atoms with Gasteiger partial charge in [-0.2, -0.15) is 0 Å². The Morgan fingerprint density at radius 2 is 1.48 bits per heavy atom. The van der Waals surface area contributed by atoms with E-state index in [0.29, 0.717) is 0 Å². The van der Waals surface area contributed by atoms with Crippen molar-refractivity contribution in [2.45, 2.75) is 26.4 Å². The van der Waals surface area contributed by atoms with Gasteiger partial charge in [0.15, 0.2) is 0 Å². The van der Waals surface area contributed by atoms with Gasteiger partial charge >= 0.3 is 0 Å². The lowest BCUT2D eigenvalue weighted by molar-refractivity contribution is 0.133. The Balaban J connectivity index is 1.91. The second-order valence-corrected chi connectivity index (χ2v) is 7.30. The third-order valence-corrected chi connectivity index (χ3v) is 4.14. The fourth-order valence-corrected chi connectivity index (χ4v) is 3.05. The van der Waals surface area contributed by atoms with Crippen LogP contribution < -0.4 is 4.74 Å². The maximum atomic E-state index is 6.22. The van der Waals surface area contributed by atoms with Crippen molar-refractivity contribution in [3.63, 3.8) is 0 Å². The zero-order chi connectivity index (χ0) is 17.4. The van der Waals surface area contributed by atoms with Crippen molar-refractivity contribution in [3.05, 3.63) is 72.8 Å². The normalized spacial score (nSPS) is 11.8. The average Bonchev–Trinajstić information content (AvgIpc) is 2.60. The molecule has 0 fully saturated rings. The number of para-hydroxylation sites is 1. The maximum absolute atomic E-state index is 6.22. The van der Waals surface area contributed by atoms with Gasteiger partial charge in [0.1, 0.15) is 11.4 Å². The molecule has 0 aliphatic rings. The highest BCUT2D eigenvalue weighted by Gasteiger charge is 2.16. The number of benzene rings is 3. The van der Waals surface area contributed by atoms with Crippen LogP contribution in [0, 0.1) is 0 Å². The van der Waals surface area contributed by atoms with Crippen molar-refractivity contribution >= 4 is 21.7 Å². The summed E-state index contributed by atoms with van der Waals surface area (Å²) in [6.07, 6.45) is 0. The van der Waals surface area contributed by atoms with Crippen LogP contribution in [0.5, 0.6) is 5.75 Å². The summed E-state index contributed by atoms with van der Waals surface area (Å²) in [4.78, 5) is 4.86. The first kappa shape index (κ1) is 15.6. The Hall–Kier alpha value is -2.87. The lowest BCUT2D eigenvalue weighted by Crippen LogP contribution is -2.23. The zero-order valence-electron chi connectivity index (χ0n) is 14.8. The Bertz CT molecular complexity index is 1060. The van der Waals surface area contributed by atoms with Crippen LogP contribution in [0.25, 0.3) is 32.9 Å². The van der Waals surface area contributed by atoms with E-state index in [1.807, 2.05) is 18.2 Å². The molecule has 0 amide bonds. The van der Waals surface area contributed by atoms with Gasteiger partial charge in [0.25, 0.3) is 0 Å². The summed E-state index contributed by atoms with van der Waals surface area (Å²) in [5.74, 6) is 0.876. The molecule has 2 heteroatoms. The molecule has 0 unspecified atom stereocenters. The molecule has 0 saturated carbocycles. The number of hydrogen-bond donors (Lipinski definition) is 0. The quantitative estimate of drug-likeness (QED) is 0.435. The highest BCUT2D eigenvalue weighted by atomic mass is 16.5. The molecule has 0 spiro atoms. The van der Waals surface area contributed by atoms with E-state index in [1.165, 1.54) is 10.8 Å². The molecule has 0 radical (unpaired) electrons. The van der Waals surface area contributed by atoms with Crippen molar-refractivity contribution in [2.24, 2.45) is 0 Å². The Labute approximate surface area is 148 Å². The summed E-state index contributed by atoms with van der Waals surface area (Å²) < 4.78 is 6.22. The van der Waals surface area contributed by atoms with Gasteiger partial charge in [0.2, 0.25) is 0 Å². The van der Waals surface area contributed by atoms with Crippen LogP contribution in [0.15, 0.2) is 72.8 Å². The van der Waals surface area contributed by atoms with Crippen molar-refractivity contribution in [2.75, 3.05) is 0 Å². The fraction of sp³-hybridized carbons (Fsp3) is 0.174.